The first-order valence-corrected chi connectivity index (χ1v) is 20.7. The number of sulfonamides is 1. The lowest BCUT2D eigenvalue weighted by molar-refractivity contribution is -0.131. The summed E-state index contributed by atoms with van der Waals surface area (Å²) in [5.41, 5.74) is 3.15. The van der Waals surface area contributed by atoms with Crippen molar-refractivity contribution in [3.8, 4) is 11.5 Å². The largest absolute Gasteiger partial charge is 0.497 e. The van der Waals surface area contributed by atoms with Crippen LogP contribution in [0.1, 0.15) is 68.6 Å². The first-order chi connectivity index (χ1) is 26.0. The number of aryl methyl sites for hydroxylation is 1. The van der Waals surface area contributed by atoms with E-state index in [1.54, 1.807) is 30.7 Å². The molecule has 2 saturated heterocycles. The van der Waals surface area contributed by atoms with E-state index in [0.29, 0.717) is 39.2 Å². The number of piperidine rings is 1. The van der Waals surface area contributed by atoms with Crippen molar-refractivity contribution in [2.75, 3.05) is 65.1 Å². The van der Waals surface area contributed by atoms with Crippen molar-refractivity contribution in [2.45, 2.75) is 88.5 Å². The van der Waals surface area contributed by atoms with E-state index < -0.39 is 27.6 Å². The Balaban J connectivity index is 1.30. The van der Waals surface area contributed by atoms with Gasteiger partial charge in [-0.2, -0.15) is 4.31 Å². The second kappa shape index (κ2) is 17.8. The van der Waals surface area contributed by atoms with Crippen LogP contribution in [0.5, 0.6) is 11.5 Å². The molecule has 54 heavy (non-hydrogen) atoms. The van der Waals surface area contributed by atoms with Gasteiger partial charge in [0.2, 0.25) is 15.9 Å². The highest BCUT2D eigenvalue weighted by molar-refractivity contribution is 7.89. The lowest BCUT2D eigenvalue weighted by Gasteiger charge is -2.45. The summed E-state index contributed by atoms with van der Waals surface area (Å²) in [6, 6.07) is 20.6. The number of methoxy groups -OCH3 is 2. The van der Waals surface area contributed by atoms with E-state index in [2.05, 4.69) is 16.3 Å². The van der Waals surface area contributed by atoms with Gasteiger partial charge in [0.05, 0.1) is 43.1 Å². The van der Waals surface area contributed by atoms with Crippen molar-refractivity contribution in [3.05, 3.63) is 83.4 Å². The Labute approximate surface area is 321 Å². The Morgan fingerprint density at radius 1 is 1.02 bits per heavy atom. The Morgan fingerprint density at radius 2 is 1.80 bits per heavy atom. The summed E-state index contributed by atoms with van der Waals surface area (Å²) >= 11 is 0. The van der Waals surface area contributed by atoms with Crippen molar-refractivity contribution in [1.29, 1.82) is 0 Å². The lowest BCUT2D eigenvalue weighted by atomic mass is 9.77. The third-order valence-electron chi connectivity index (χ3n) is 11.0. The van der Waals surface area contributed by atoms with Crippen LogP contribution in [0.4, 0.5) is 5.69 Å². The highest BCUT2D eigenvalue weighted by atomic mass is 32.2. The molecule has 3 aromatic rings. The molecule has 1 N–H and O–H groups in total. The van der Waals surface area contributed by atoms with Gasteiger partial charge in [-0.05, 0) is 86.6 Å². The minimum Gasteiger partial charge on any atom is -0.497 e. The number of carbonyl (C=O) groups excluding carboxylic acids is 1. The molecule has 0 aromatic heterocycles. The van der Waals surface area contributed by atoms with Crippen LogP contribution < -0.4 is 19.7 Å². The third kappa shape index (κ3) is 9.57. The lowest BCUT2D eigenvalue weighted by Crippen LogP contribution is -2.54. The van der Waals surface area contributed by atoms with Crippen LogP contribution in [0.25, 0.3) is 0 Å². The molecule has 0 saturated carbocycles. The molecule has 4 atom stereocenters. The predicted molar refractivity (Wildman–Crippen MR) is 209 cm³/mol. The molecule has 11 nitrogen and oxygen atoms in total. The van der Waals surface area contributed by atoms with Crippen LogP contribution in [0.3, 0.4) is 0 Å². The number of hydrogen-bond donors (Lipinski definition) is 1. The number of rotatable bonds is 16. The smallest absolute Gasteiger partial charge is 0.243 e. The second-order valence-electron chi connectivity index (χ2n) is 15.4. The van der Waals surface area contributed by atoms with Gasteiger partial charge in [0.15, 0.2) is 0 Å². The van der Waals surface area contributed by atoms with Gasteiger partial charge >= 0.3 is 0 Å². The topological polar surface area (TPSA) is 116 Å². The normalized spacial score (nSPS) is 22.1. The molecular formula is C42H57N3O8S. The molecule has 0 aliphatic carbocycles. The molecule has 0 spiro atoms. The summed E-state index contributed by atoms with van der Waals surface area (Å²) in [7, 11) is -0.611. The number of nitrogens with zero attached hydrogens (tertiary/aromatic N) is 2. The van der Waals surface area contributed by atoms with Crippen LogP contribution in [-0.4, -0.2) is 97.1 Å². The van der Waals surface area contributed by atoms with Crippen LogP contribution in [0.15, 0.2) is 71.6 Å². The van der Waals surface area contributed by atoms with E-state index in [9.17, 15) is 13.2 Å². The standard InChI is InChI=1S/C42H57N3O8S/c1-30-9-16-36(17-10-30)54(47,48)45-28-40(53-29-31-11-18-39-38(24-31)44(20-23-52-39)19-7-21-49-4)37(32-12-14-34(50-5)15-13-32)25-33(45)26-42(2,3)41(46)43-27-35-8-6-22-51-35/h9-18,24,33,35,37,40H,6-8,19-23,25-29H2,1-5H3,(H,43,46)/t33-,35-,37+,40-/m0/s1. The summed E-state index contributed by atoms with van der Waals surface area (Å²) in [6.07, 6.45) is 3.15. The Bertz CT molecular complexity index is 1790. The number of ether oxygens (including phenoxy) is 5. The summed E-state index contributed by atoms with van der Waals surface area (Å²) in [5, 5.41) is 3.10. The Morgan fingerprint density at radius 3 is 2.50 bits per heavy atom. The van der Waals surface area contributed by atoms with Gasteiger partial charge in [0.1, 0.15) is 18.1 Å². The summed E-state index contributed by atoms with van der Waals surface area (Å²) in [6.45, 7) is 10.3. The monoisotopic (exact) mass is 763 g/mol. The molecule has 294 valence electrons. The molecule has 3 heterocycles. The van der Waals surface area contributed by atoms with Gasteiger partial charge in [0, 0.05) is 57.3 Å². The molecule has 6 rings (SSSR count). The second-order valence-corrected chi connectivity index (χ2v) is 17.3. The van der Waals surface area contributed by atoms with Crippen LogP contribution in [-0.2, 0) is 35.6 Å². The highest BCUT2D eigenvalue weighted by Gasteiger charge is 2.46. The number of fused-ring (bicyclic) bond motifs is 1. The first-order valence-electron chi connectivity index (χ1n) is 19.2. The quantitative estimate of drug-likeness (QED) is 0.173. The van der Waals surface area contributed by atoms with Crippen molar-refractivity contribution < 1.29 is 36.9 Å². The molecule has 3 aliphatic rings. The van der Waals surface area contributed by atoms with E-state index in [-0.39, 0.29) is 36.0 Å². The average Bonchev–Trinajstić information content (AvgIpc) is 3.70. The van der Waals surface area contributed by atoms with E-state index in [0.717, 1.165) is 66.2 Å². The van der Waals surface area contributed by atoms with E-state index in [1.807, 2.05) is 69.3 Å². The molecule has 1 amide bonds. The maximum absolute atomic E-state index is 14.6. The van der Waals surface area contributed by atoms with Gasteiger partial charge in [-0.1, -0.05) is 49.7 Å². The van der Waals surface area contributed by atoms with Crippen molar-refractivity contribution >= 4 is 21.6 Å². The molecule has 12 heteroatoms. The van der Waals surface area contributed by atoms with Gasteiger partial charge in [-0.15, -0.1) is 0 Å². The van der Waals surface area contributed by atoms with Gasteiger partial charge in [0.25, 0.3) is 0 Å². The molecule has 2 fully saturated rings. The van der Waals surface area contributed by atoms with Crippen molar-refractivity contribution in [1.82, 2.24) is 9.62 Å². The summed E-state index contributed by atoms with van der Waals surface area (Å²) < 4.78 is 60.1. The van der Waals surface area contributed by atoms with Gasteiger partial charge in [-0.25, -0.2) is 8.42 Å². The number of carbonyl (C=O) groups is 1. The zero-order valence-corrected chi connectivity index (χ0v) is 33.2. The Hall–Kier alpha value is -3.68. The Kier molecular flexibility index (Phi) is 13.2. The molecule has 3 aliphatic heterocycles. The number of benzene rings is 3. The van der Waals surface area contributed by atoms with E-state index in [4.69, 9.17) is 23.7 Å². The average molecular weight is 764 g/mol. The molecular weight excluding hydrogens is 707 g/mol. The zero-order chi connectivity index (χ0) is 38.3. The maximum Gasteiger partial charge on any atom is 0.243 e. The zero-order valence-electron chi connectivity index (χ0n) is 32.4. The van der Waals surface area contributed by atoms with Crippen LogP contribution in [0, 0.1) is 12.3 Å². The van der Waals surface area contributed by atoms with Crippen molar-refractivity contribution in [3.63, 3.8) is 0 Å². The van der Waals surface area contributed by atoms with Gasteiger partial charge < -0.3 is 33.9 Å². The number of nitrogens with one attached hydrogen (secondary N) is 1. The van der Waals surface area contributed by atoms with Crippen LogP contribution in [0.2, 0.25) is 0 Å². The molecule has 0 bridgehead atoms. The summed E-state index contributed by atoms with van der Waals surface area (Å²) in [5.74, 6) is 1.32. The fraction of sp³-hybridized carbons (Fsp3) is 0.548. The molecule has 0 unspecified atom stereocenters. The third-order valence-corrected chi connectivity index (χ3v) is 12.9. The minimum absolute atomic E-state index is 0.0107. The van der Waals surface area contributed by atoms with E-state index >= 15 is 0 Å². The minimum atomic E-state index is -3.97. The number of amides is 1. The van der Waals surface area contributed by atoms with Crippen LogP contribution >= 0.6 is 0 Å². The molecule has 0 radical (unpaired) electrons. The van der Waals surface area contributed by atoms with Crippen molar-refractivity contribution in [2.24, 2.45) is 5.41 Å². The summed E-state index contributed by atoms with van der Waals surface area (Å²) in [4.78, 5) is 16.3. The van der Waals surface area contributed by atoms with Gasteiger partial charge in [-0.3, -0.25) is 4.79 Å². The number of hydrogen-bond acceptors (Lipinski definition) is 9. The first kappa shape index (κ1) is 40.0. The fourth-order valence-corrected chi connectivity index (χ4v) is 9.54. The SMILES string of the molecule is COCCCN1CCOc2ccc(CO[C@H]3CN(S(=O)(=O)c4ccc(C)cc4)[C@H](CC(C)(C)C(=O)NC[C@@H]4CCCO4)C[C@@H]3c3ccc(OC)cc3)cc21. The predicted octanol–water partition coefficient (Wildman–Crippen LogP) is 6.08. The highest BCUT2D eigenvalue weighted by Crippen LogP contribution is 2.42. The number of anilines is 1. The maximum atomic E-state index is 14.6. The fourth-order valence-electron chi connectivity index (χ4n) is 7.89. The van der Waals surface area contributed by atoms with E-state index in [1.165, 1.54) is 0 Å². The molecule has 3 aromatic carbocycles.